The number of furan rings is 1. The van der Waals surface area contributed by atoms with E-state index in [0.717, 1.165) is 38.5 Å². The molecule has 5 nitrogen and oxygen atoms in total. The maximum Gasteiger partial charge on any atom is 0.238 e. The Morgan fingerprint density at radius 3 is 2.62 bits per heavy atom. The lowest BCUT2D eigenvalue weighted by molar-refractivity contribution is -0.117. The molecule has 2 heterocycles. The van der Waals surface area contributed by atoms with Gasteiger partial charge in [-0.2, -0.15) is 0 Å². The molecule has 128 valence electrons. The zero-order chi connectivity index (χ0) is 16.9. The molecular weight excluding hydrogens is 333 g/mol. The van der Waals surface area contributed by atoms with Crippen molar-refractivity contribution in [3.05, 3.63) is 53.2 Å². The minimum Gasteiger partial charge on any atom is -0.468 e. The summed E-state index contributed by atoms with van der Waals surface area (Å²) in [7, 11) is 0. The highest BCUT2D eigenvalue weighted by Crippen LogP contribution is 2.19. The number of halogens is 2. The van der Waals surface area contributed by atoms with Crippen LogP contribution in [-0.4, -0.2) is 48.4 Å². The van der Waals surface area contributed by atoms with Gasteiger partial charge >= 0.3 is 0 Å². The molecule has 0 aliphatic carbocycles. The van der Waals surface area contributed by atoms with Gasteiger partial charge in [0.05, 0.1) is 24.4 Å². The van der Waals surface area contributed by atoms with Gasteiger partial charge in [0.15, 0.2) is 0 Å². The summed E-state index contributed by atoms with van der Waals surface area (Å²) in [6, 6.07) is 8.01. The van der Waals surface area contributed by atoms with Gasteiger partial charge in [0.1, 0.15) is 11.6 Å². The van der Waals surface area contributed by atoms with Gasteiger partial charge in [-0.15, -0.1) is 0 Å². The first-order valence-electron chi connectivity index (χ1n) is 7.82. The van der Waals surface area contributed by atoms with E-state index >= 15 is 0 Å². The molecule has 0 radical (unpaired) electrons. The molecule has 0 saturated carbocycles. The van der Waals surface area contributed by atoms with Gasteiger partial charge in [-0.1, -0.05) is 11.6 Å². The second-order valence-electron chi connectivity index (χ2n) is 5.81. The van der Waals surface area contributed by atoms with Crippen LogP contribution in [0.1, 0.15) is 5.76 Å². The molecular formula is C17H19ClFN3O2. The van der Waals surface area contributed by atoms with E-state index in [9.17, 15) is 9.18 Å². The molecule has 1 saturated heterocycles. The van der Waals surface area contributed by atoms with E-state index in [1.165, 1.54) is 18.2 Å². The predicted octanol–water partition coefficient (Wildman–Crippen LogP) is 2.83. The lowest BCUT2D eigenvalue weighted by atomic mass is 10.2. The lowest BCUT2D eigenvalue weighted by Gasteiger charge is -2.33. The average Bonchev–Trinajstić information content (AvgIpc) is 3.06. The summed E-state index contributed by atoms with van der Waals surface area (Å²) in [5, 5.41) is 2.74. The number of amides is 1. The van der Waals surface area contributed by atoms with E-state index < -0.39 is 5.82 Å². The van der Waals surface area contributed by atoms with Gasteiger partial charge in [-0.05, 0) is 30.3 Å². The largest absolute Gasteiger partial charge is 0.468 e. The molecule has 1 fully saturated rings. The molecule has 0 spiro atoms. The number of hydrogen-bond donors (Lipinski definition) is 1. The molecule has 0 atom stereocenters. The molecule has 24 heavy (non-hydrogen) atoms. The highest BCUT2D eigenvalue weighted by atomic mass is 35.5. The molecule has 1 amide bonds. The Labute approximate surface area is 145 Å². The lowest BCUT2D eigenvalue weighted by Crippen LogP contribution is -2.48. The highest BCUT2D eigenvalue weighted by molar-refractivity contribution is 6.31. The number of rotatable bonds is 5. The zero-order valence-corrected chi connectivity index (χ0v) is 13.9. The molecule has 7 heteroatoms. The first-order valence-corrected chi connectivity index (χ1v) is 8.20. The summed E-state index contributed by atoms with van der Waals surface area (Å²) in [6.07, 6.45) is 1.68. The molecule has 1 N–H and O–H groups in total. The number of carbonyl (C=O) groups is 1. The standard InChI is InChI=1S/C17H19ClFN3O2/c18-15-10-13(3-4-16(15)19)20-17(23)12-22-7-5-21(6-8-22)11-14-2-1-9-24-14/h1-4,9-10H,5-8,11-12H2,(H,20,23). The van der Waals surface area contributed by atoms with E-state index in [0.29, 0.717) is 12.2 Å². The van der Waals surface area contributed by atoms with Gasteiger partial charge in [0, 0.05) is 31.9 Å². The number of nitrogens with one attached hydrogen (secondary N) is 1. The van der Waals surface area contributed by atoms with Crippen molar-refractivity contribution in [2.45, 2.75) is 6.54 Å². The van der Waals surface area contributed by atoms with Gasteiger partial charge in [0.2, 0.25) is 5.91 Å². The van der Waals surface area contributed by atoms with E-state index in [2.05, 4.69) is 15.1 Å². The zero-order valence-electron chi connectivity index (χ0n) is 13.2. The number of hydrogen-bond acceptors (Lipinski definition) is 4. The van der Waals surface area contributed by atoms with Gasteiger partial charge in [0.25, 0.3) is 0 Å². The van der Waals surface area contributed by atoms with Gasteiger partial charge in [-0.3, -0.25) is 14.6 Å². The van der Waals surface area contributed by atoms with Crippen LogP contribution in [0.4, 0.5) is 10.1 Å². The van der Waals surface area contributed by atoms with Crippen molar-refractivity contribution in [3.63, 3.8) is 0 Å². The quantitative estimate of drug-likeness (QED) is 0.900. The predicted molar refractivity (Wildman–Crippen MR) is 90.5 cm³/mol. The van der Waals surface area contributed by atoms with Crippen molar-refractivity contribution in [2.75, 3.05) is 38.0 Å². The number of piperazine rings is 1. The summed E-state index contributed by atoms with van der Waals surface area (Å²) < 4.78 is 18.5. The maximum atomic E-state index is 13.1. The van der Waals surface area contributed by atoms with E-state index in [1.54, 1.807) is 6.26 Å². The fraction of sp³-hybridized carbons (Fsp3) is 0.353. The molecule has 1 aliphatic rings. The highest BCUT2D eigenvalue weighted by Gasteiger charge is 2.19. The fourth-order valence-electron chi connectivity index (χ4n) is 2.71. The summed E-state index contributed by atoms with van der Waals surface area (Å²) in [5.74, 6) is 0.328. The Balaban J connectivity index is 1.43. The van der Waals surface area contributed by atoms with Crippen LogP contribution in [0, 0.1) is 5.82 Å². The van der Waals surface area contributed by atoms with Crippen molar-refractivity contribution in [1.82, 2.24) is 9.80 Å². The van der Waals surface area contributed by atoms with Crippen LogP contribution in [0.2, 0.25) is 5.02 Å². The summed E-state index contributed by atoms with van der Waals surface area (Å²) in [4.78, 5) is 16.5. The molecule has 1 aromatic carbocycles. The van der Waals surface area contributed by atoms with Crippen molar-refractivity contribution in [3.8, 4) is 0 Å². The number of carbonyl (C=O) groups excluding carboxylic acids is 1. The second kappa shape index (κ2) is 7.79. The minimum absolute atomic E-state index is 0.000611. The Kier molecular flexibility index (Phi) is 5.50. The van der Waals surface area contributed by atoms with Crippen molar-refractivity contribution >= 4 is 23.2 Å². The van der Waals surface area contributed by atoms with Crippen LogP contribution < -0.4 is 5.32 Å². The molecule has 0 unspecified atom stereocenters. The topological polar surface area (TPSA) is 48.7 Å². The molecule has 0 bridgehead atoms. The molecule has 2 aromatic rings. The molecule has 1 aliphatic heterocycles. The Bertz CT molecular complexity index is 685. The van der Waals surface area contributed by atoms with Crippen LogP contribution in [0.3, 0.4) is 0 Å². The smallest absolute Gasteiger partial charge is 0.238 e. The summed E-state index contributed by atoms with van der Waals surface area (Å²) in [6.45, 7) is 4.51. The summed E-state index contributed by atoms with van der Waals surface area (Å²) in [5.41, 5.74) is 0.503. The van der Waals surface area contributed by atoms with Crippen molar-refractivity contribution in [1.29, 1.82) is 0 Å². The SMILES string of the molecule is O=C(CN1CCN(Cc2ccco2)CC1)Nc1ccc(F)c(Cl)c1. The van der Waals surface area contributed by atoms with E-state index in [4.69, 9.17) is 16.0 Å². The van der Waals surface area contributed by atoms with Crippen LogP contribution >= 0.6 is 11.6 Å². The molecule has 3 rings (SSSR count). The van der Waals surface area contributed by atoms with Crippen LogP contribution in [0.25, 0.3) is 0 Å². The van der Waals surface area contributed by atoms with Crippen molar-refractivity contribution in [2.24, 2.45) is 0 Å². The van der Waals surface area contributed by atoms with Crippen molar-refractivity contribution < 1.29 is 13.6 Å². The second-order valence-corrected chi connectivity index (χ2v) is 6.22. The van der Waals surface area contributed by atoms with Crippen LogP contribution in [0.15, 0.2) is 41.0 Å². The van der Waals surface area contributed by atoms with Gasteiger partial charge in [-0.25, -0.2) is 4.39 Å². The first kappa shape index (κ1) is 17.0. The average molecular weight is 352 g/mol. The maximum absolute atomic E-state index is 13.1. The number of benzene rings is 1. The number of nitrogens with zero attached hydrogens (tertiary/aromatic N) is 2. The monoisotopic (exact) mass is 351 g/mol. The summed E-state index contributed by atoms with van der Waals surface area (Å²) >= 11 is 5.71. The Hall–Kier alpha value is -1.89. The Morgan fingerprint density at radius 1 is 1.21 bits per heavy atom. The first-order chi connectivity index (χ1) is 11.6. The number of anilines is 1. The third kappa shape index (κ3) is 4.56. The normalized spacial score (nSPS) is 16.2. The third-order valence-corrected chi connectivity index (χ3v) is 4.28. The third-order valence-electron chi connectivity index (χ3n) is 4.00. The fourth-order valence-corrected chi connectivity index (χ4v) is 2.89. The van der Waals surface area contributed by atoms with Crippen LogP contribution in [0.5, 0.6) is 0 Å². The molecule has 1 aromatic heterocycles. The van der Waals surface area contributed by atoms with E-state index in [1.807, 2.05) is 12.1 Å². The van der Waals surface area contributed by atoms with E-state index in [-0.39, 0.29) is 10.9 Å². The van der Waals surface area contributed by atoms with Crippen LogP contribution in [-0.2, 0) is 11.3 Å². The Morgan fingerprint density at radius 2 is 1.96 bits per heavy atom. The minimum atomic E-state index is -0.498. The van der Waals surface area contributed by atoms with Gasteiger partial charge < -0.3 is 9.73 Å².